The zero-order valence-electron chi connectivity index (χ0n) is 18.0. The molecule has 1 saturated carbocycles. The lowest BCUT2D eigenvalue weighted by Gasteiger charge is -2.21. The van der Waals surface area contributed by atoms with E-state index >= 15 is 0 Å². The van der Waals surface area contributed by atoms with Crippen molar-refractivity contribution in [2.45, 2.75) is 31.8 Å². The van der Waals surface area contributed by atoms with Gasteiger partial charge in [0.1, 0.15) is 5.69 Å². The van der Waals surface area contributed by atoms with Gasteiger partial charge in [0.25, 0.3) is 5.91 Å². The van der Waals surface area contributed by atoms with Gasteiger partial charge in [-0.25, -0.2) is 9.97 Å². The predicted molar refractivity (Wildman–Crippen MR) is 118 cm³/mol. The third-order valence-corrected chi connectivity index (χ3v) is 7.17. The highest BCUT2D eigenvalue weighted by atomic mass is 16.2. The molecule has 1 aliphatic heterocycles. The number of nitrogens with zero attached hydrogens (tertiary/aromatic N) is 6. The lowest BCUT2D eigenvalue weighted by atomic mass is 10.1. The molecule has 162 valence electrons. The molecule has 6 rings (SSSR count). The number of carbonyl (C=O) groups excluding carboxylic acids is 1. The third-order valence-electron chi connectivity index (χ3n) is 7.17. The van der Waals surface area contributed by atoms with Crippen molar-refractivity contribution < 1.29 is 4.79 Å². The predicted octanol–water partition coefficient (Wildman–Crippen LogP) is 2.41. The van der Waals surface area contributed by atoms with Crippen LogP contribution in [0.15, 0.2) is 37.1 Å². The third kappa shape index (κ3) is 3.25. The van der Waals surface area contributed by atoms with Gasteiger partial charge in [0.15, 0.2) is 0 Å². The molecule has 1 saturated heterocycles. The van der Waals surface area contributed by atoms with Gasteiger partial charge < -0.3 is 19.4 Å². The second kappa shape index (κ2) is 7.23. The molecule has 3 aliphatic rings. The molecule has 32 heavy (non-hydrogen) atoms. The largest absolute Gasteiger partial charge is 0.371 e. The Hall–Kier alpha value is -3.60. The van der Waals surface area contributed by atoms with Gasteiger partial charge in [-0.3, -0.25) is 4.79 Å². The van der Waals surface area contributed by atoms with Crippen molar-refractivity contribution in [2.24, 2.45) is 18.9 Å². The molecule has 1 amide bonds. The summed E-state index contributed by atoms with van der Waals surface area (Å²) < 4.78 is 3.87. The van der Waals surface area contributed by atoms with E-state index < -0.39 is 0 Å². The van der Waals surface area contributed by atoms with E-state index in [4.69, 9.17) is 0 Å². The lowest BCUT2D eigenvalue weighted by Crippen LogP contribution is -2.27. The maximum absolute atomic E-state index is 12.7. The summed E-state index contributed by atoms with van der Waals surface area (Å²) in [6, 6.07) is 8.40. The number of aryl methyl sites for hydroxylation is 1. The van der Waals surface area contributed by atoms with E-state index in [9.17, 15) is 10.1 Å². The monoisotopic (exact) mass is 427 g/mol. The van der Waals surface area contributed by atoms with Crippen LogP contribution < -0.4 is 10.2 Å². The van der Waals surface area contributed by atoms with E-state index in [-0.39, 0.29) is 11.9 Å². The maximum Gasteiger partial charge on any atom is 0.272 e. The second-order valence-corrected chi connectivity index (χ2v) is 9.30. The van der Waals surface area contributed by atoms with Crippen molar-refractivity contribution in [3.63, 3.8) is 0 Å². The van der Waals surface area contributed by atoms with E-state index in [2.05, 4.69) is 32.3 Å². The van der Waals surface area contributed by atoms with Crippen molar-refractivity contribution in [2.75, 3.05) is 18.0 Å². The lowest BCUT2D eigenvalue weighted by molar-refractivity contribution is 0.0931. The number of nitrogens with one attached hydrogen (secondary N) is 1. The van der Waals surface area contributed by atoms with Crippen LogP contribution in [-0.4, -0.2) is 38.1 Å². The number of hydrogen-bond donors (Lipinski definition) is 1. The average Bonchev–Trinajstić information content (AvgIpc) is 3.27. The standard InChI is InChI=1S/C24H25N7O/c1-29-13-27-23-20(4-5-22(23)29)28-24(32)21-12-30(14-26-21)9-15-2-3-19(7-16(15)8-25)31-10-17-6-18(17)11-31/h2-3,7,12-14,17-18,20H,4-6,9-11H2,1H3,(H,28,32)/t17?,18?,20-/m1/s1. The molecule has 1 N–H and O–H groups in total. The Morgan fingerprint density at radius 2 is 2.09 bits per heavy atom. The summed E-state index contributed by atoms with van der Waals surface area (Å²) in [4.78, 5) is 23.9. The first kappa shape index (κ1) is 19.1. The molecule has 3 heterocycles. The molecular weight excluding hydrogens is 402 g/mol. The summed E-state index contributed by atoms with van der Waals surface area (Å²) in [5.41, 5.74) is 5.25. The van der Waals surface area contributed by atoms with Crippen molar-refractivity contribution in [1.82, 2.24) is 24.4 Å². The normalized spacial score (nSPS) is 23.0. The number of fused-ring (bicyclic) bond motifs is 2. The minimum Gasteiger partial charge on any atom is -0.371 e. The van der Waals surface area contributed by atoms with Gasteiger partial charge in [-0.15, -0.1) is 0 Å². The maximum atomic E-state index is 12.7. The average molecular weight is 428 g/mol. The van der Waals surface area contributed by atoms with Gasteiger partial charge in [-0.2, -0.15) is 5.26 Å². The Kier molecular flexibility index (Phi) is 4.32. The number of aromatic nitrogens is 4. The molecule has 8 nitrogen and oxygen atoms in total. The molecule has 1 aromatic carbocycles. The fourth-order valence-corrected chi connectivity index (χ4v) is 5.23. The van der Waals surface area contributed by atoms with Gasteiger partial charge >= 0.3 is 0 Å². The number of hydrogen-bond acceptors (Lipinski definition) is 5. The molecule has 0 radical (unpaired) electrons. The highest BCUT2D eigenvalue weighted by Crippen LogP contribution is 2.46. The Morgan fingerprint density at radius 1 is 1.25 bits per heavy atom. The van der Waals surface area contributed by atoms with Crippen LogP contribution in [0.3, 0.4) is 0 Å². The molecular formula is C24H25N7O. The zero-order valence-corrected chi connectivity index (χ0v) is 18.0. The van der Waals surface area contributed by atoms with Gasteiger partial charge in [-0.1, -0.05) is 6.07 Å². The highest BCUT2D eigenvalue weighted by Gasteiger charge is 2.45. The van der Waals surface area contributed by atoms with E-state index in [0.717, 1.165) is 54.7 Å². The second-order valence-electron chi connectivity index (χ2n) is 9.30. The van der Waals surface area contributed by atoms with Crippen LogP contribution in [0.2, 0.25) is 0 Å². The number of piperidine rings is 1. The first-order valence-corrected chi connectivity index (χ1v) is 11.2. The van der Waals surface area contributed by atoms with Crippen LogP contribution in [0, 0.1) is 23.2 Å². The molecule has 3 atom stereocenters. The topological polar surface area (TPSA) is 91.8 Å². The number of amides is 1. The minimum atomic E-state index is -0.198. The fourth-order valence-electron chi connectivity index (χ4n) is 5.23. The summed E-state index contributed by atoms with van der Waals surface area (Å²) >= 11 is 0. The van der Waals surface area contributed by atoms with E-state index in [1.54, 1.807) is 18.9 Å². The van der Waals surface area contributed by atoms with Gasteiger partial charge in [0.05, 0.1) is 36.0 Å². The number of benzene rings is 1. The summed E-state index contributed by atoms with van der Waals surface area (Å²) in [7, 11) is 1.98. The van der Waals surface area contributed by atoms with E-state index in [1.165, 1.54) is 12.1 Å². The molecule has 0 spiro atoms. The summed E-state index contributed by atoms with van der Waals surface area (Å²) in [6.07, 6.45) is 8.32. The van der Waals surface area contributed by atoms with Crippen molar-refractivity contribution in [3.8, 4) is 6.07 Å². The van der Waals surface area contributed by atoms with Gasteiger partial charge in [-0.05, 0) is 48.8 Å². The van der Waals surface area contributed by atoms with Crippen molar-refractivity contribution in [3.05, 3.63) is 65.3 Å². The van der Waals surface area contributed by atoms with Crippen LogP contribution >= 0.6 is 0 Å². The number of carbonyl (C=O) groups is 1. The van der Waals surface area contributed by atoms with E-state index in [0.29, 0.717) is 17.8 Å². The van der Waals surface area contributed by atoms with E-state index in [1.807, 2.05) is 28.3 Å². The van der Waals surface area contributed by atoms with Crippen LogP contribution in [0.4, 0.5) is 5.69 Å². The molecule has 2 aliphatic carbocycles. The molecule has 8 heteroatoms. The highest BCUT2D eigenvalue weighted by molar-refractivity contribution is 5.92. The smallest absolute Gasteiger partial charge is 0.272 e. The number of imidazole rings is 2. The fraction of sp³-hybridized carbons (Fsp3) is 0.417. The number of anilines is 1. The first-order valence-electron chi connectivity index (χ1n) is 11.2. The minimum absolute atomic E-state index is 0.0711. The summed E-state index contributed by atoms with van der Waals surface area (Å²) in [5, 5.41) is 12.8. The molecule has 2 fully saturated rings. The van der Waals surface area contributed by atoms with Crippen molar-refractivity contribution in [1.29, 1.82) is 5.26 Å². The quantitative estimate of drug-likeness (QED) is 0.675. The Morgan fingerprint density at radius 3 is 2.91 bits per heavy atom. The van der Waals surface area contributed by atoms with Crippen LogP contribution in [0.1, 0.15) is 51.9 Å². The molecule has 0 bridgehead atoms. The van der Waals surface area contributed by atoms with Gasteiger partial charge in [0, 0.05) is 44.3 Å². The zero-order chi connectivity index (χ0) is 21.8. The Labute approximate surface area is 186 Å². The SMILES string of the molecule is Cn1cnc2c1CC[C@H]2NC(=O)c1cn(Cc2ccc(N3CC4CC4C3)cc2C#N)cn1. The Balaban J connectivity index is 1.14. The summed E-state index contributed by atoms with van der Waals surface area (Å²) in [6.45, 7) is 2.72. The van der Waals surface area contributed by atoms with Crippen LogP contribution in [0.25, 0.3) is 0 Å². The van der Waals surface area contributed by atoms with Crippen LogP contribution in [0.5, 0.6) is 0 Å². The summed E-state index contributed by atoms with van der Waals surface area (Å²) in [5.74, 6) is 1.50. The van der Waals surface area contributed by atoms with Crippen molar-refractivity contribution >= 4 is 11.6 Å². The van der Waals surface area contributed by atoms with Crippen LogP contribution in [-0.2, 0) is 20.0 Å². The number of nitriles is 1. The van der Waals surface area contributed by atoms with Gasteiger partial charge in [0.2, 0.25) is 0 Å². The molecule has 2 unspecified atom stereocenters. The Bertz CT molecular complexity index is 1240. The first-order chi connectivity index (χ1) is 15.6. The molecule has 3 aromatic rings. The number of rotatable bonds is 5. The molecule has 2 aromatic heterocycles.